The average Bonchev–Trinajstić information content (AvgIpc) is 2.30. The van der Waals surface area contributed by atoms with Crippen LogP contribution in [0.1, 0.15) is 0 Å². The van der Waals surface area contributed by atoms with Crippen LogP contribution in [0.4, 0.5) is 5.69 Å². The minimum atomic E-state index is -0.117. The number of aromatic amines is 1. The van der Waals surface area contributed by atoms with Crippen LogP contribution in [0.25, 0.3) is 0 Å². The third-order valence-electron chi connectivity index (χ3n) is 1.90. The quantitative estimate of drug-likeness (QED) is 0.825. The number of aromatic nitrogens is 1. The maximum atomic E-state index is 10.8. The normalized spacial score (nSPS) is 10.1. The molecule has 0 unspecified atom stereocenters. The van der Waals surface area contributed by atoms with Gasteiger partial charge in [0.1, 0.15) is 0 Å². The maximum absolute atomic E-state index is 10.8. The second-order valence-electron chi connectivity index (χ2n) is 3.08. The highest BCUT2D eigenvalue weighted by molar-refractivity contribution is 8.00. The van der Waals surface area contributed by atoms with E-state index in [2.05, 4.69) is 9.71 Å². The van der Waals surface area contributed by atoms with Crippen molar-refractivity contribution in [1.82, 2.24) is 4.98 Å². The van der Waals surface area contributed by atoms with Crippen molar-refractivity contribution in [2.24, 2.45) is 0 Å². The molecule has 0 spiro atoms. The van der Waals surface area contributed by atoms with Gasteiger partial charge in [-0.15, -0.1) is 0 Å². The lowest BCUT2D eigenvalue weighted by Crippen LogP contribution is -2.02. The molecule has 0 saturated carbocycles. The Hall–Kier alpha value is -1.39. The molecule has 1 heterocycles. The molecule has 0 atom stereocenters. The predicted octanol–water partition coefficient (Wildman–Crippen LogP) is 3.15. The summed E-state index contributed by atoms with van der Waals surface area (Å²) in [7, 11) is 0. The van der Waals surface area contributed by atoms with Crippen LogP contribution in [0, 0.1) is 0 Å². The van der Waals surface area contributed by atoms with Crippen molar-refractivity contribution in [3.63, 3.8) is 0 Å². The van der Waals surface area contributed by atoms with Crippen LogP contribution in [0.2, 0.25) is 5.02 Å². The monoisotopic (exact) mass is 252 g/mol. The number of halogens is 1. The molecule has 0 aliphatic heterocycles. The fourth-order valence-electron chi connectivity index (χ4n) is 1.12. The van der Waals surface area contributed by atoms with Gasteiger partial charge in [0.15, 0.2) is 0 Å². The average molecular weight is 253 g/mol. The van der Waals surface area contributed by atoms with E-state index >= 15 is 0 Å². The Kier molecular flexibility index (Phi) is 3.54. The Labute approximate surface area is 102 Å². The summed E-state index contributed by atoms with van der Waals surface area (Å²) in [6.45, 7) is 0. The fraction of sp³-hybridized carbons (Fsp3) is 0. The van der Waals surface area contributed by atoms with Crippen LogP contribution in [0.5, 0.6) is 0 Å². The van der Waals surface area contributed by atoms with E-state index in [9.17, 15) is 4.79 Å². The van der Waals surface area contributed by atoms with E-state index in [4.69, 9.17) is 11.6 Å². The second-order valence-corrected chi connectivity index (χ2v) is 4.33. The molecule has 0 amide bonds. The molecule has 82 valence electrons. The lowest BCUT2D eigenvalue weighted by Gasteiger charge is -2.05. The Morgan fingerprint density at radius 3 is 2.69 bits per heavy atom. The van der Waals surface area contributed by atoms with Crippen LogP contribution in [-0.2, 0) is 0 Å². The minimum absolute atomic E-state index is 0.117. The van der Waals surface area contributed by atoms with Crippen LogP contribution < -0.4 is 10.3 Å². The first-order valence-electron chi connectivity index (χ1n) is 4.62. The summed E-state index contributed by atoms with van der Waals surface area (Å²) in [5.41, 5.74) is 0.706. The maximum Gasteiger partial charge on any atom is 0.248 e. The Morgan fingerprint density at radius 1 is 1.19 bits per heavy atom. The van der Waals surface area contributed by atoms with Gasteiger partial charge in [-0.25, -0.2) is 0 Å². The van der Waals surface area contributed by atoms with Crippen molar-refractivity contribution in [3.8, 4) is 0 Å². The van der Waals surface area contributed by atoms with Gasteiger partial charge in [0, 0.05) is 17.2 Å². The molecule has 2 N–H and O–H groups in total. The van der Waals surface area contributed by atoms with Gasteiger partial charge in [-0.05, 0) is 30.1 Å². The topological polar surface area (TPSA) is 44.9 Å². The highest BCUT2D eigenvalue weighted by atomic mass is 35.5. The van der Waals surface area contributed by atoms with Gasteiger partial charge in [0.2, 0.25) is 5.56 Å². The van der Waals surface area contributed by atoms with E-state index in [-0.39, 0.29) is 5.56 Å². The van der Waals surface area contributed by atoms with Crippen molar-refractivity contribution >= 4 is 29.2 Å². The number of H-pyrrole nitrogens is 1. The molecular weight excluding hydrogens is 244 g/mol. The van der Waals surface area contributed by atoms with Crippen molar-refractivity contribution in [2.45, 2.75) is 4.90 Å². The van der Waals surface area contributed by atoms with Gasteiger partial charge in [-0.2, -0.15) is 0 Å². The first-order chi connectivity index (χ1) is 7.75. The fourth-order valence-corrected chi connectivity index (χ4v) is 2.03. The number of nitrogens with one attached hydrogen (secondary N) is 2. The van der Waals surface area contributed by atoms with Crippen molar-refractivity contribution in [2.75, 3.05) is 4.72 Å². The Balaban J connectivity index is 2.05. The Bertz CT molecular complexity index is 521. The number of hydrogen-bond donors (Lipinski definition) is 2. The molecule has 16 heavy (non-hydrogen) atoms. The molecule has 1 aromatic carbocycles. The minimum Gasteiger partial charge on any atom is -0.327 e. The SMILES string of the molecule is O=c1ccc(NSc2ccccc2Cl)c[nH]1. The molecular formula is C11H9ClN2OS. The third-order valence-corrected chi connectivity index (χ3v) is 3.26. The molecule has 5 heteroatoms. The summed E-state index contributed by atoms with van der Waals surface area (Å²) in [6.07, 6.45) is 1.62. The van der Waals surface area contributed by atoms with Gasteiger partial charge in [-0.1, -0.05) is 23.7 Å². The van der Waals surface area contributed by atoms with Crippen molar-refractivity contribution in [3.05, 3.63) is 58.0 Å². The number of rotatable bonds is 3. The van der Waals surface area contributed by atoms with Gasteiger partial charge < -0.3 is 9.71 Å². The van der Waals surface area contributed by atoms with E-state index < -0.39 is 0 Å². The van der Waals surface area contributed by atoms with Crippen molar-refractivity contribution in [1.29, 1.82) is 0 Å². The van der Waals surface area contributed by atoms with E-state index in [0.717, 1.165) is 10.6 Å². The van der Waals surface area contributed by atoms with Crippen LogP contribution in [-0.4, -0.2) is 4.98 Å². The summed E-state index contributed by atoms with van der Waals surface area (Å²) in [5.74, 6) is 0. The molecule has 1 aromatic heterocycles. The van der Waals surface area contributed by atoms with Gasteiger partial charge >= 0.3 is 0 Å². The number of anilines is 1. The molecule has 2 aromatic rings. The largest absolute Gasteiger partial charge is 0.327 e. The molecule has 0 fully saturated rings. The zero-order valence-electron chi connectivity index (χ0n) is 8.24. The number of pyridine rings is 1. The standard InChI is InChI=1S/C11H9ClN2OS/c12-9-3-1-2-4-10(9)16-14-8-5-6-11(15)13-7-8/h1-7,14H,(H,13,15). The Morgan fingerprint density at radius 2 is 2.00 bits per heavy atom. The van der Waals surface area contributed by atoms with E-state index in [0.29, 0.717) is 5.02 Å². The number of hydrogen-bond acceptors (Lipinski definition) is 3. The van der Waals surface area contributed by atoms with E-state index in [1.54, 1.807) is 12.3 Å². The summed E-state index contributed by atoms with van der Waals surface area (Å²) < 4.78 is 3.09. The summed E-state index contributed by atoms with van der Waals surface area (Å²) in [5, 5.41) is 0.699. The van der Waals surface area contributed by atoms with Gasteiger partial charge in [0.05, 0.1) is 10.7 Å². The second kappa shape index (κ2) is 5.09. The molecule has 0 radical (unpaired) electrons. The lowest BCUT2D eigenvalue weighted by molar-refractivity contribution is 1.24. The molecule has 0 aliphatic rings. The number of benzene rings is 1. The molecule has 0 saturated heterocycles. The van der Waals surface area contributed by atoms with Crippen LogP contribution in [0.3, 0.4) is 0 Å². The summed E-state index contributed by atoms with van der Waals surface area (Å²) in [4.78, 5) is 14.4. The van der Waals surface area contributed by atoms with Crippen LogP contribution >= 0.6 is 23.5 Å². The lowest BCUT2D eigenvalue weighted by atomic mass is 10.4. The molecule has 3 nitrogen and oxygen atoms in total. The zero-order valence-corrected chi connectivity index (χ0v) is 9.81. The first kappa shape index (κ1) is 11.1. The van der Waals surface area contributed by atoms with E-state index in [1.807, 2.05) is 24.3 Å². The molecule has 0 aliphatic carbocycles. The molecule has 2 rings (SSSR count). The smallest absolute Gasteiger partial charge is 0.248 e. The highest BCUT2D eigenvalue weighted by Gasteiger charge is 1.99. The van der Waals surface area contributed by atoms with Gasteiger partial charge in [-0.3, -0.25) is 4.79 Å². The zero-order chi connectivity index (χ0) is 11.4. The highest BCUT2D eigenvalue weighted by Crippen LogP contribution is 2.27. The van der Waals surface area contributed by atoms with E-state index in [1.165, 1.54) is 18.0 Å². The van der Waals surface area contributed by atoms with Gasteiger partial charge in [0.25, 0.3) is 0 Å². The summed E-state index contributed by atoms with van der Waals surface area (Å²) >= 11 is 7.40. The molecule has 0 bridgehead atoms. The van der Waals surface area contributed by atoms with Crippen LogP contribution in [0.15, 0.2) is 52.3 Å². The predicted molar refractivity (Wildman–Crippen MR) is 68.0 cm³/mol. The first-order valence-corrected chi connectivity index (χ1v) is 5.81. The van der Waals surface area contributed by atoms with Crippen molar-refractivity contribution < 1.29 is 0 Å². The summed E-state index contributed by atoms with van der Waals surface area (Å²) in [6, 6.07) is 10.7. The third kappa shape index (κ3) is 2.81.